The molecular formula is C27H35N5O2S. The van der Waals surface area contributed by atoms with Gasteiger partial charge in [-0.05, 0) is 55.9 Å². The lowest BCUT2D eigenvalue weighted by Crippen LogP contribution is -2.35. The topological polar surface area (TPSA) is 92.7 Å². The van der Waals surface area contributed by atoms with E-state index in [9.17, 15) is 8.42 Å². The van der Waals surface area contributed by atoms with Crippen molar-refractivity contribution in [3.05, 3.63) is 47.9 Å². The van der Waals surface area contributed by atoms with Crippen LogP contribution in [0.25, 0.3) is 33.3 Å². The van der Waals surface area contributed by atoms with Crippen molar-refractivity contribution >= 4 is 31.9 Å². The van der Waals surface area contributed by atoms with Crippen molar-refractivity contribution in [2.24, 2.45) is 7.05 Å². The van der Waals surface area contributed by atoms with Gasteiger partial charge in [-0.3, -0.25) is 4.98 Å². The Hall–Kier alpha value is -2.71. The maximum Gasteiger partial charge on any atom is 0.148 e. The molecule has 0 aromatic carbocycles. The van der Waals surface area contributed by atoms with E-state index in [4.69, 9.17) is 4.98 Å². The van der Waals surface area contributed by atoms with Crippen LogP contribution in [0, 0.1) is 0 Å². The second-order valence-corrected chi connectivity index (χ2v) is 12.6. The second kappa shape index (κ2) is 9.39. The number of fused-ring (bicyclic) bond motifs is 2. The van der Waals surface area contributed by atoms with Crippen molar-refractivity contribution in [3.63, 3.8) is 0 Å². The molecule has 35 heavy (non-hydrogen) atoms. The standard InChI is InChI=1S/C27H35N5O2S/c1-17(2)24-25(21-16-32(3)27-20(21)6-5-13-29-27)31-23-12-11-22(30-26(23)24)18-7-9-19(10-8-18)28-14-15-35(4,33)34/h5-6,11-13,16-19,28,31H,7-10,14-15H2,1-4H3. The first-order valence-corrected chi connectivity index (χ1v) is 14.6. The lowest BCUT2D eigenvalue weighted by Gasteiger charge is -2.29. The SMILES string of the molecule is CC(C)c1c(-c2cn(C)c3ncccc23)[nH]c2ccc(C3CCC(NCCS(C)(=O)=O)CC3)nc12. The number of sulfone groups is 1. The highest BCUT2D eigenvalue weighted by Gasteiger charge is 2.25. The van der Waals surface area contributed by atoms with Gasteiger partial charge in [0.25, 0.3) is 0 Å². The summed E-state index contributed by atoms with van der Waals surface area (Å²) in [4.78, 5) is 13.5. The predicted octanol–water partition coefficient (Wildman–Crippen LogP) is 4.90. The number of aryl methyl sites for hydroxylation is 1. The van der Waals surface area contributed by atoms with Crippen molar-refractivity contribution in [1.82, 2.24) is 24.8 Å². The van der Waals surface area contributed by atoms with Crippen LogP contribution < -0.4 is 5.32 Å². The molecule has 1 aliphatic carbocycles. The Morgan fingerprint density at radius 1 is 1.17 bits per heavy atom. The van der Waals surface area contributed by atoms with Gasteiger partial charge in [0.1, 0.15) is 15.5 Å². The van der Waals surface area contributed by atoms with Gasteiger partial charge >= 0.3 is 0 Å². The molecule has 0 atom stereocenters. The number of hydrogen-bond acceptors (Lipinski definition) is 5. The van der Waals surface area contributed by atoms with Gasteiger partial charge in [0.2, 0.25) is 0 Å². The molecule has 186 valence electrons. The molecule has 2 N–H and O–H groups in total. The zero-order valence-electron chi connectivity index (χ0n) is 21.0. The molecule has 0 bridgehead atoms. The smallest absolute Gasteiger partial charge is 0.148 e. The number of nitrogens with zero attached hydrogens (tertiary/aromatic N) is 3. The zero-order chi connectivity index (χ0) is 24.7. The summed E-state index contributed by atoms with van der Waals surface area (Å²) in [5.41, 5.74) is 7.85. The van der Waals surface area contributed by atoms with E-state index in [1.165, 1.54) is 23.1 Å². The maximum atomic E-state index is 11.4. The summed E-state index contributed by atoms with van der Waals surface area (Å²) in [6, 6.07) is 8.88. The number of aromatic amines is 1. The Balaban J connectivity index is 1.41. The monoisotopic (exact) mass is 493 g/mol. The molecule has 1 saturated carbocycles. The van der Waals surface area contributed by atoms with E-state index >= 15 is 0 Å². The predicted molar refractivity (Wildman–Crippen MR) is 143 cm³/mol. The Bertz CT molecular complexity index is 1460. The van der Waals surface area contributed by atoms with Crippen LogP contribution in [0.4, 0.5) is 0 Å². The van der Waals surface area contributed by atoms with Crippen LogP contribution in [0.15, 0.2) is 36.7 Å². The molecule has 0 aliphatic heterocycles. The van der Waals surface area contributed by atoms with Gasteiger partial charge in [-0.1, -0.05) is 13.8 Å². The molecule has 1 fully saturated rings. The zero-order valence-corrected chi connectivity index (χ0v) is 21.8. The third-order valence-corrected chi connectivity index (χ3v) is 8.28. The normalized spacial score (nSPS) is 19.2. The van der Waals surface area contributed by atoms with Crippen LogP contribution in [0.5, 0.6) is 0 Å². The first-order chi connectivity index (χ1) is 16.7. The summed E-state index contributed by atoms with van der Waals surface area (Å²) in [6.07, 6.45) is 9.52. The van der Waals surface area contributed by atoms with E-state index in [2.05, 4.69) is 58.1 Å². The van der Waals surface area contributed by atoms with E-state index in [0.29, 0.717) is 24.4 Å². The summed E-state index contributed by atoms with van der Waals surface area (Å²) in [5.74, 6) is 0.960. The molecule has 4 aromatic heterocycles. The average molecular weight is 494 g/mol. The molecule has 1 aliphatic rings. The molecule has 0 unspecified atom stereocenters. The minimum Gasteiger partial charge on any atom is -0.353 e. The molecule has 7 nitrogen and oxygen atoms in total. The molecule has 8 heteroatoms. The highest BCUT2D eigenvalue weighted by atomic mass is 32.2. The average Bonchev–Trinajstić information content (AvgIpc) is 3.36. The van der Waals surface area contributed by atoms with E-state index < -0.39 is 9.84 Å². The summed E-state index contributed by atoms with van der Waals surface area (Å²) >= 11 is 0. The lowest BCUT2D eigenvalue weighted by molar-refractivity contribution is 0.345. The van der Waals surface area contributed by atoms with Crippen LogP contribution >= 0.6 is 0 Å². The maximum absolute atomic E-state index is 11.4. The molecule has 0 amide bonds. The minimum atomic E-state index is -2.92. The van der Waals surface area contributed by atoms with Gasteiger partial charge in [0.15, 0.2) is 0 Å². The second-order valence-electron chi connectivity index (χ2n) is 10.4. The Kier molecular flexibility index (Phi) is 6.44. The van der Waals surface area contributed by atoms with Crippen molar-refractivity contribution in [2.75, 3.05) is 18.6 Å². The molecule has 0 saturated heterocycles. The highest BCUT2D eigenvalue weighted by molar-refractivity contribution is 7.90. The number of rotatable bonds is 7. The van der Waals surface area contributed by atoms with Gasteiger partial charge in [-0.15, -0.1) is 0 Å². The van der Waals surface area contributed by atoms with Crippen molar-refractivity contribution in [3.8, 4) is 11.3 Å². The van der Waals surface area contributed by atoms with Crippen molar-refractivity contribution in [2.45, 2.75) is 57.4 Å². The Morgan fingerprint density at radius 3 is 2.66 bits per heavy atom. The molecule has 4 aromatic rings. The summed E-state index contributed by atoms with van der Waals surface area (Å²) in [7, 11) is -0.879. The summed E-state index contributed by atoms with van der Waals surface area (Å²) in [5, 5.41) is 4.57. The fraction of sp³-hybridized carbons (Fsp3) is 0.481. The minimum absolute atomic E-state index is 0.200. The quantitative estimate of drug-likeness (QED) is 0.382. The fourth-order valence-corrected chi connectivity index (χ4v) is 6.04. The number of hydrogen-bond donors (Lipinski definition) is 2. The Labute approximate surface area is 207 Å². The van der Waals surface area contributed by atoms with E-state index in [-0.39, 0.29) is 5.75 Å². The fourth-order valence-electron chi connectivity index (χ4n) is 5.56. The summed E-state index contributed by atoms with van der Waals surface area (Å²) in [6.45, 7) is 5.00. The van der Waals surface area contributed by atoms with Crippen LogP contribution in [0.3, 0.4) is 0 Å². The summed E-state index contributed by atoms with van der Waals surface area (Å²) < 4.78 is 24.9. The van der Waals surface area contributed by atoms with Gasteiger partial charge in [0, 0.05) is 66.4 Å². The van der Waals surface area contributed by atoms with Gasteiger partial charge < -0.3 is 14.9 Å². The van der Waals surface area contributed by atoms with Crippen LogP contribution in [0.2, 0.25) is 0 Å². The van der Waals surface area contributed by atoms with Gasteiger partial charge in [-0.25, -0.2) is 13.4 Å². The molecule has 0 spiro atoms. The van der Waals surface area contributed by atoms with Crippen molar-refractivity contribution in [1.29, 1.82) is 0 Å². The van der Waals surface area contributed by atoms with E-state index in [1.54, 1.807) is 0 Å². The van der Waals surface area contributed by atoms with Crippen LogP contribution in [-0.2, 0) is 16.9 Å². The number of aromatic nitrogens is 4. The molecule has 5 rings (SSSR count). The molecule has 0 radical (unpaired) electrons. The van der Waals surface area contributed by atoms with Crippen LogP contribution in [-0.4, -0.2) is 52.5 Å². The van der Waals surface area contributed by atoms with Crippen molar-refractivity contribution < 1.29 is 8.42 Å². The first-order valence-electron chi connectivity index (χ1n) is 12.6. The number of nitrogens with one attached hydrogen (secondary N) is 2. The third-order valence-electron chi connectivity index (χ3n) is 7.33. The first kappa shape index (κ1) is 24.0. The highest BCUT2D eigenvalue weighted by Crippen LogP contribution is 2.39. The largest absolute Gasteiger partial charge is 0.353 e. The van der Waals surface area contributed by atoms with Crippen LogP contribution in [0.1, 0.15) is 62.6 Å². The van der Waals surface area contributed by atoms with Gasteiger partial charge in [0.05, 0.1) is 22.5 Å². The van der Waals surface area contributed by atoms with E-state index in [0.717, 1.165) is 53.4 Å². The van der Waals surface area contributed by atoms with E-state index in [1.807, 2.05) is 19.3 Å². The Morgan fingerprint density at radius 2 is 1.94 bits per heavy atom. The molecule has 4 heterocycles. The molecular weight excluding hydrogens is 458 g/mol. The number of pyridine rings is 2. The third kappa shape index (κ3) is 4.86. The number of H-pyrrole nitrogens is 1. The lowest BCUT2D eigenvalue weighted by atomic mass is 9.83. The van der Waals surface area contributed by atoms with Gasteiger partial charge in [-0.2, -0.15) is 0 Å².